The Labute approximate surface area is 69.1 Å². The maximum Gasteiger partial charge on any atom is 0.416 e. The molecule has 0 nitrogen and oxygen atoms in total. The van der Waals surface area contributed by atoms with Crippen molar-refractivity contribution >= 4 is 0 Å². The van der Waals surface area contributed by atoms with Crippen LogP contribution < -0.4 is 0 Å². The van der Waals surface area contributed by atoms with E-state index in [1.165, 1.54) is 13.0 Å². The summed E-state index contributed by atoms with van der Waals surface area (Å²) in [5.74, 6) is 0. The number of hydrogen-bond donors (Lipinski definition) is 0. The molecule has 0 radical (unpaired) electrons. The second kappa shape index (κ2) is 3.17. The molecule has 12 heavy (non-hydrogen) atoms. The molecule has 0 amide bonds. The van der Waals surface area contributed by atoms with Crippen molar-refractivity contribution in [1.29, 1.82) is 0 Å². The van der Waals surface area contributed by atoms with E-state index in [1.54, 1.807) is 12.2 Å². The third-order valence-electron chi connectivity index (χ3n) is 1.69. The highest BCUT2D eigenvalue weighted by molar-refractivity contribution is 5.38. The molecule has 0 saturated carbocycles. The van der Waals surface area contributed by atoms with Crippen LogP contribution in [0.4, 0.5) is 13.2 Å². The van der Waals surface area contributed by atoms with Crippen LogP contribution in [0.2, 0.25) is 0 Å². The molecule has 1 aliphatic carbocycles. The minimum Gasteiger partial charge on any atom is -0.166 e. The van der Waals surface area contributed by atoms with Crippen LogP contribution in [0.1, 0.15) is 13.3 Å². The Kier molecular flexibility index (Phi) is 2.40. The molecule has 0 spiro atoms. The van der Waals surface area contributed by atoms with Crippen LogP contribution >= 0.6 is 0 Å². The fourth-order valence-corrected chi connectivity index (χ4v) is 1.05. The SMILES string of the molecule is CC1=CCC=CC=C1C(F)(F)F. The monoisotopic (exact) mass is 174 g/mol. The van der Waals surface area contributed by atoms with Crippen LogP contribution in [-0.2, 0) is 0 Å². The maximum absolute atomic E-state index is 12.2. The van der Waals surface area contributed by atoms with Crippen LogP contribution in [0.25, 0.3) is 0 Å². The number of alkyl halides is 3. The fraction of sp³-hybridized carbons (Fsp3) is 0.333. The van der Waals surface area contributed by atoms with E-state index < -0.39 is 11.7 Å². The van der Waals surface area contributed by atoms with Gasteiger partial charge >= 0.3 is 6.18 Å². The lowest BCUT2D eigenvalue weighted by Crippen LogP contribution is -2.12. The summed E-state index contributed by atoms with van der Waals surface area (Å²) in [5, 5.41) is 0. The molecule has 0 bridgehead atoms. The van der Waals surface area contributed by atoms with Crippen molar-refractivity contribution < 1.29 is 13.2 Å². The number of allylic oxidation sites excluding steroid dienone is 6. The minimum absolute atomic E-state index is 0.299. The maximum atomic E-state index is 12.2. The summed E-state index contributed by atoms with van der Waals surface area (Å²) in [6.45, 7) is 1.48. The molecule has 0 aromatic heterocycles. The van der Waals surface area contributed by atoms with Gasteiger partial charge in [0, 0.05) is 0 Å². The number of halogens is 3. The first kappa shape index (κ1) is 9.10. The van der Waals surface area contributed by atoms with Gasteiger partial charge in [-0.15, -0.1) is 0 Å². The van der Waals surface area contributed by atoms with Crippen molar-refractivity contribution in [1.82, 2.24) is 0 Å². The van der Waals surface area contributed by atoms with Crippen molar-refractivity contribution in [2.24, 2.45) is 0 Å². The third-order valence-corrected chi connectivity index (χ3v) is 1.69. The Hall–Kier alpha value is -0.990. The van der Waals surface area contributed by atoms with Gasteiger partial charge in [-0.3, -0.25) is 0 Å². The van der Waals surface area contributed by atoms with Gasteiger partial charge in [0.1, 0.15) is 0 Å². The van der Waals surface area contributed by atoms with Crippen molar-refractivity contribution in [2.45, 2.75) is 19.5 Å². The molecule has 1 aliphatic rings. The van der Waals surface area contributed by atoms with Gasteiger partial charge in [-0.1, -0.05) is 24.3 Å². The number of hydrogen-bond acceptors (Lipinski definition) is 0. The van der Waals surface area contributed by atoms with Gasteiger partial charge in [0.2, 0.25) is 0 Å². The zero-order valence-electron chi connectivity index (χ0n) is 6.65. The van der Waals surface area contributed by atoms with Crippen molar-refractivity contribution in [3.63, 3.8) is 0 Å². The van der Waals surface area contributed by atoms with E-state index in [2.05, 4.69) is 0 Å². The average Bonchev–Trinajstić information content (AvgIpc) is 2.11. The van der Waals surface area contributed by atoms with E-state index in [9.17, 15) is 13.2 Å². The summed E-state index contributed by atoms with van der Waals surface area (Å²) in [6, 6.07) is 0. The van der Waals surface area contributed by atoms with Crippen LogP contribution in [0.3, 0.4) is 0 Å². The fourth-order valence-electron chi connectivity index (χ4n) is 1.05. The van der Waals surface area contributed by atoms with E-state index in [0.29, 0.717) is 12.0 Å². The first-order valence-electron chi connectivity index (χ1n) is 3.63. The Morgan fingerprint density at radius 1 is 1.33 bits per heavy atom. The summed E-state index contributed by atoms with van der Waals surface area (Å²) >= 11 is 0. The highest BCUT2D eigenvalue weighted by Crippen LogP contribution is 2.32. The summed E-state index contributed by atoms with van der Waals surface area (Å²) < 4.78 is 36.7. The van der Waals surface area contributed by atoms with E-state index in [-0.39, 0.29) is 0 Å². The lowest BCUT2D eigenvalue weighted by Gasteiger charge is -2.10. The Bertz CT molecular complexity index is 253. The quantitative estimate of drug-likeness (QED) is 0.528. The van der Waals surface area contributed by atoms with Gasteiger partial charge in [-0.2, -0.15) is 13.2 Å². The lowest BCUT2D eigenvalue weighted by atomic mass is 10.1. The molecular weight excluding hydrogens is 165 g/mol. The first-order chi connectivity index (χ1) is 5.52. The first-order valence-corrected chi connectivity index (χ1v) is 3.63. The predicted molar refractivity (Wildman–Crippen MR) is 41.7 cm³/mol. The van der Waals surface area contributed by atoms with Crippen LogP contribution in [0, 0.1) is 0 Å². The summed E-state index contributed by atoms with van der Waals surface area (Å²) in [4.78, 5) is 0. The molecular formula is C9H9F3. The van der Waals surface area contributed by atoms with Crippen molar-refractivity contribution in [3.05, 3.63) is 35.5 Å². The zero-order chi connectivity index (χ0) is 9.19. The number of rotatable bonds is 0. The lowest BCUT2D eigenvalue weighted by molar-refractivity contribution is -0.0892. The molecule has 0 aromatic carbocycles. The average molecular weight is 174 g/mol. The molecule has 0 fully saturated rings. The van der Waals surface area contributed by atoms with E-state index in [1.807, 2.05) is 0 Å². The van der Waals surface area contributed by atoms with E-state index >= 15 is 0 Å². The molecule has 0 aliphatic heterocycles. The van der Waals surface area contributed by atoms with Gasteiger partial charge in [-0.05, 0) is 18.9 Å². The molecule has 0 aromatic rings. The van der Waals surface area contributed by atoms with Gasteiger partial charge in [0.15, 0.2) is 0 Å². The van der Waals surface area contributed by atoms with Crippen LogP contribution in [0.15, 0.2) is 35.5 Å². The molecule has 1 rings (SSSR count). The van der Waals surface area contributed by atoms with E-state index in [4.69, 9.17) is 0 Å². The smallest absolute Gasteiger partial charge is 0.166 e. The summed E-state index contributed by atoms with van der Waals surface area (Å²) in [7, 11) is 0. The van der Waals surface area contributed by atoms with Gasteiger partial charge < -0.3 is 0 Å². The molecule has 0 atom stereocenters. The molecule has 0 saturated heterocycles. The molecule has 66 valence electrons. The highest BCUT2D eigenvalue weighted by Gasteiger charge is 2.33. The normalized spacial score (nSPS) is 18.3. The highest BCUT2D eigenvalue weighted by atomic mass is 19.4. The predicted octanol–water partition coefficient (Wildman–Crippen LogP) is 3.38. The largest absolute Gasteiger partial charge is 0.416 e. The second-order valence-corrected chi connectivity index (χ2v) is 2.63. The Morgan fingerprint density at radius 2 is 2.00 bits per heavy atom. The van der Waals surface area contributed by atoms with Gasteiger partial charge in [-0.25, -0.2) is 0 Å². The van der Waals surface area contributed by atoms with Crippen LogP contribution in [0.5, 0.6) is 0 Å². The molecule has 0 unspecified atom stereocenters. The van der Waals surface area contributed by atoms with Crippen molar-refractivity contribution in [3.8, 4) is 0 Å². The molecule has 0 N–H and O–H groups in total. The third kappa shape index (κ3) is 2.00. The van der Waals surface area contributed by atoms with Crippen molar-refractivity contribution in [2.75, 3.05) is 0 Å². The second-order valence-electron chi connectivity index (χ2n) is 2.63. The molecule has 3 heteroatoms. The van der Waals surface area contributed by atoms with Crippen LogP contribution in [-0.4, -0.2) is 6.18 Å². The topological polar surface area (TPSA) is 0 Å². The summed E-state index contributed by atoms with van der Waals surface area (Å²) in [5.41, 5.74) is -0.247. The van der Waals surface area contributed by atoms with Gasteiger partial charge in [0.25, 0.3) is 0 Å². The summed E-state index contributed by atoms with van der Waals surface area (Å²) in [6.07, 6.45) is 2.16. The minimum atomic E-state index is -4.23. The van der Waals surface area contributed by atoms with Gasteiger partial charge in [0.05, 0.1) is 5.57 Å². The Balaban J connectivity index is 3.01. The van der Waals surface area contributed by atoms with E-state index in [0.717, 1.165) is 6.08 Å². The zero-order valence-corrected chi connectivity index (χ0v) is 6.65. The standard InChI is InChI=1S/C9H9F3/c1-7-5-3-2-4-6-8(7)9(10,11)12/h2,4-6H,3H2,1H3. The molecule has 0 heterocycles. The Morgan fingerprint density at radius 3 is 2.58 bits per heavy atom.